The zero-order valence-electron chi connectivity index (χ0n) is 15.4. The number of H-pyrrole nitrogens is 1. The van der Waals surface area contributed by atoms with E-state index in [1.54, 1.807) is 4.57 Å². The number of rotatable bonds is 7. The number of nitrogens with zero attached hydrogens (tertiary/aromatic N) is 2. The highest BCUT2D eigenvalue weighted by molar-refractivity contribution is 8.00. The van der Waals surface area contributed by atoms with Crippen molar-refractivity contribution in [1.29, 1.82) is 0 Å². The third kappa shape index (κ3) is 4.54. The Morgan fingerprint density at radius 2 is 2.08 bits per heavy atom. The van der Waals surface area contributed by atoms with Crippen LogP contribution in [0.25, 0.3) is 0 Å². The van der Waals surface area contributed by atoms with Crippen molar-refractivity contribution in [1.82, 2.24) is 14.8 Å². The molecule has 0 aliphatic rings. The molecular weight excluding hydrogens is 336 g/mol. The monoisotopic (exact) mass is 362 g/mol. The van der Waals surface area contributed by atoms with Crippen LogP contribution in [-0.4, -0.2) is 25.9 Å². The van der Waals surface area contributed by atoms with E-state index in [0.717, 1.165) is 23.2 Å². The molecule has 1 aromatic heterocycles. The number of aromatic amines is 1. The molecule has 2 N–H and O–H groups in total. The van der Waals surface area contributed by atoms with Crippen LogP contribution in [0.5, 0.6) is 0 Å². The van der Waals surface area contributed by atoms with E-state index in [0.29, 0.717) is 17.6 Å². The number of thioether (sulfide) groups is 1. The lowest BCUT2D eigenvalue weighted by molar-refractivity contribution is -0.115. The minimum absolute atomic E-state index is 0.0975. The van der Waals surface area contributed by atoms with Gasteiger partial charge in [0, 0.05) is 12.2 Å². The molecule has 0 aliphatic carbocycles. The fourth-order valence-corrected chi connectivity index (χ4v) is 3.47. The Hall–Kier alpha value is -2.02. The van der Waals surface area contributed by atoms with E-state index in [9.17, 15) is 9.59 Å². The number of benzene rings is 1. The molecule has 1 amide bonds. The van der Waals surface area contributed by atoms with Crippen molar-refractivity contribution in [3.05, 3.63) is 39.8 Å². The summed E-state index contributed by atoms with van der Waals surface area (Å²) in [6.45, 7) is 10.6. The standard InChI is InChI=1S/C18H26N4O2S/c1-6-10-22-17(24)20-21-18(22)25-13(5)16(23)19-15-12(4)8-7-9-14(15)11(2)3/h7-9,11,13H,6,10H2,1-5H3,(H,19,23)(H,20,24)/t13-/m0/s1. The summed E-state index contributed by atoms with van der Waals surface area (Å²) in [5.74, 6) is 0.221. The van der Waals surface area contributed by atoms with Gasteiger partial charge in [-0.1, -0.05) is 50.7 Å². The number of carbonyl (C=O) groups excluding carboxylic acids is 1. The first-order chi connectivity index (χ1) is 11.8. The Morgan fingerprint density at radius 1 is 1.36 bits per heavy atom. The summed E-state index contributed by atoms with van der Waals surface area (Å²) in [6, 6.07) is 6.04. The molecule has 0 spiro atoms. The van der Waals surface area contributed by atoms with E-state index in [2.05, 4.69) is 29.4 Å². The van der Waals surface area contributed by atoms with Crippen LogP contribution in [-0.2, 0) is 11.3 Å². The molecule has 25 heavy (non-hydrogen) atoms. The van der Waals surface area contributed by atoms with Crippen LogP contribution in [0.1, 0.15) is 51.2 Å². The summed E-state index contributed by atoms with van der Waals surface area (Å²) >= 11 is 1.29. The van der Waals surface area contributed by atoms with Gasteiger partial charge in [-0.2, -0.15) is 0 Å². The third-order valence-electron chi connectivity index (χ3n) is 4.00. The van der Waals surface area contributed by atoms with Gasteiger partial charge in [0.2, 0.25) is 5.91 Å². The molecule has 0 saturated carbocycles. The molecule has 0 fully saturated rings. The molecule has 6 nitrogen and oxygen atoms in total. The number of amides is 1. The third-order valence-corrected chi connectivity index (χ3v) is 5.09. The quantitative estimate of drug-likeness (QED) is 0.739. The van der Waals surface area contributed by atoms with Crippen molar-refractivity contribution >= 4 is 23.4 Å². The predicted octanol–water partition coefficient (Wildman–Crippen LogP) is 3.53. The van der Waals surface area contributed by atoms with Gasteiger partial charge in [-0.25, -0.2) is 9.89 Å². The van der Waals surface area contributed by atoms with Crippen molar-refractivity contribution < 1.29 is 4.79 Å². The molecule has 136 valence electrons. The van der Waals surface area contributed by atoms with Crippen molar-refractivity contribution in [2.24, 2.45) is 0 Å². The first-order valence-electron chi connectivity index (χ1n) is 8.57. The van der Waals surface area contributed by atoms with Crippen molar-refractivity contribution in [2.75, 3.05) is 5.32 Å². The maximum Gasteiger partial charge on any atom is 0.343 e. The highest BCUT2D eigenvalue weighted by atomic mass is 32.2. The maximum absolute atomic E-state index is 12.7. The van der Waals surface area contributed by atoms with Crippen molar-refractivity contribution in [3.8, 4) is 0 Å². The summed E-state index contributed by atoms with van der Waals surface area (Å²) in [7, 11) is 0. The number of para-hydroxylation sites is 1. The summed E-state index contributed by atoms with van der Waals surface area (Å²) in [5, 5.41) is 9.72. The van der Waals surface area contributed by atoms with Crippen LogP contribution in [0.2, 0.25) is 0 Å². The second kappa shape index (κ2) is 8.38. The van der Waals surface area contributed by atoms with Crippen LogP contribution in [0.15, 0.2) is 28.2 Å². The largest absolute Gasteiger partial charge is 0.343 e. The molecule has 0 bridgehead atoms. The van der Waals surface area contributed by atoms with Gasteiger partial charge in [0.1, 0.15) is 0 Å². The van der Waals surface area contributed by atoms with Crippen molar-refractivity contribution in [2.45, 2.75) is 63.9 Å². The van der Waals surface area contributed by atoms with Gasteiger partial charge in [-0.05, 0) is 37.3 Å². The van der Waals surface area contributed by atoms with E-state index in [1.165, 1.54) is 11.8 Å². The number of hydrogen-bond donors (Lipinski definition) is 2. The number of nitrogens with one attached hydrogen (secondary N) is 2. The number of hydrogen-bond acceptors (Lipinski definition) is 4. The molecule has 0 radical (unpaired) electrons. The minimum atomic E-state index is -0.370. The Labute approximate surface area is 152 Å². The highest BCUT2D eigenvalue weighted by Crippen LogP contribution is 2.29. The average molecular weight is 362 g/mol. The first kappa shape index (κ1) is 19.3. The summed E-state index contributed by atoms with van der Waals surface area (Å²) in [4.78, 5) is 24.4. The lowest BCUT2D eigenvalue weighted by atomic mass is 9.98. The maximum atomic E-state index is 12.7. The average Bonchev–Trinajstić information content (AvgIpc) is 2.90. The molecular formula is C18H26N4O2S. The molecule has 0 aliphatic heterocycles. The smallest absolute Gasteiger partial charge is 0.325 e. The van der Waals surface area contributed by atoms with Crippen molar-refractivity contribution in [3.63, 3.8) is 0 Å². The molecule has 2 rings (SSSR count). The van der Waals surface area contributed by atoms with Crippen LogP contribution >= 0.6 is 11.8 Å². The van der Waals surface area contributed by atoms with Crippen LogP contribution in [0.3, 0.4) is 0 Å². The lowest BCUT2D eigenvalue weighted by Crippen LogP contribution is -2.25. The molecule has 7 heteroatoms. The van der Waals surface area contributed by atoms with E-state index < -0.39 is 0 Å². The molecule has 0 saturated heterocycles. The van der Waals surface area contributed by atoms with Gasteiger partial charge in [0.25, 0.3) is 0 Å². The van der Waals surface area contributed by atoms with E-state index in [-0.39, 0.29) is 16.8 Å². The Bertz CT molecular complexity index is 795. The normalized spacial score (nSPS) is 12.4. The molecule has 0 unspecified atom stereocenters. The Morgan fingerprint density at radius 3 is 2.72 bits per heavy atom. The van der Waals surface area contributed by atoms with Gasteiger partial charge in [-0.3, -0.25) is 9.36 Å². The summed E-state index contributed by atoms with van der Waals surface area (Å²) < 4.78 is 1.57. The zero-order valence-corrected chi connectivity index (χ0v) is 16.2. The number of aryl methyl sites for hydroxylation is 1. The van der Waals surface area contributed by atoms with Crippen LogP contribution in [0, 0.1) is 6.92 Å². The number of carbonyl (C=O) groups is 1. The van der Waals surface area contributed by atoms with Gasteiger partial charge in [-0.15, -0.1) is 5.10 Å². The molecule has 1 atom stereocenters. The fraction of sp³-hybridized carbons (Fsp3) is 0.500. The van der Waals surface area contributed by atoms with E-state index in [1.807, 2.05) is 39.0 Å². The molecule has 1 aromatic carbocycles. The van der Waals surface area contributed by atoms with E-state index in [4.69, 9.17) is 0 Å². The Balaban J connectivity index is 2.16. The highest BCUT2D eigenvalue weighted by Gasteiger charge is 2.21. The second-order valence-corrected chi connectivity index (χ2v) is 7.71. The van der Waals surface area contributed by atoms with Gasteiger partial charge in [0.05, 0.1) is 5.25 Å². The first-order valence-corrected chi connectivity index (χ1v) is 9.45. The number of aromatic nitrogens is 3. The summed E-state index contributed by atoms with van der Waals surface area (Å²) in [5.41, 5.74) is 2.80. The van der Waals surface area contributed by atoms with E-state index >= 15 is 0 Å². The SMILES string of the molecule is CCCn1c(S[C@@H](C)C(=O)Nc2c(C)cccc2C(C)C)n[nH]c1=O. The zero-order chi connectivity index (χ0) is 18.6. The lowest BCUT2D eigenvalue weighted by Gasteiger charge is -2.18. The van der Waals surface area contributed by atoms with Gasteiger partial charge >= 0.3 is 5.69 Å². The van der Waals surface area contributed by atoms with Crippen LogP contribution < -0.4 is 11.0 Å². The fourth-order valence-electron chi connectivity index (χ4n) is 2.59. The molecule has 2 aromatic rings. The predicted molar refractivity (Wildman–Crippen MR) is 102 cm³/mol. The second-order valence-electron chi connectivity index (χ2n) is 6.41. The van der Waals surface area contributed by atoms with Crippen LogP contribution in [0.4, 0.5) is 5.69 Å². The van der Waals surface area contributed by atoms with Gasteiger partial charge in [0.15, 0.2) is 5.16 Å². The number of anilines is 1. The minimum Gasteiger partial charge on any atom is -0.325 e. The van der Waals surface area contributed by atoms with Gasteiger partial charge < -0.3 is 5.32 Å². The Kier molecular flexibility index (Phi) is 6.47. The molecule has 1 heterocycles. The summed E-state index contributed by atoms with van der Waals surface area (Å²) in [6.07, 6.45) is 0.828. The topological polar surface area (TPSA) is 79.8 Å².